The maximum absolute atomic E-state index is 8.50. The third-order valence-corrected chi connectivity index (χ3v) is 2.03. The van der Waals surface area contributed by atoms with E-state index in [4.69, 9.17) is 6.65 Å². The van der Waals surface area contributed by atoms with Crippen LogP contribution in [0.4, 0.5) is 0 Å². The zero-order valence-corrected chi connectivity index (χ0v) is 7.08. The fraction of sp³-hybridized carbons (Fsp3) is 0.750. The molecule has 0 amide bonds. The van der Waals surface area contributed by atoms with Crippen molar-refractivity contribution in [1.29, 1.82) is 0 Å². The molecule has 4 heteroatoms. The molecule has 0 spiro atoms. The Morgan fingerprint density at radius 1 is 1.50 bits per heavy atom. The number of rotatable bonds is 0. The van der Waals surface area contributed by atoms with Gasteiger partial charge in [-0.25, -0.2) is 0 Å². The molecule has 0 saturated carbocycles. The molecule has 1 atom stereocenters. The fourth-order valence-corrected chi connectivity index (χ4v) is 1.53. The van der Waals surface area contributed by atoms with Gasteiger partial charge in [0.1, 0.15) is 0 Å². The molecular formula is C4H8O2PTi-. The molecule has 46 valence electrons. The molecule has 1 aliphatic rings. The van der Waals surface area contributed by atoms with Crippen LogP contribution in [0.25, 0.3) is 0 Å². The van der Waals surface area contributed by atoms with E-state index in [1.165, 1.54) is 27.6 Å². The fourth-order valence-electron chi connectivity index (χ4n) is 0.510. The molecule has 8 heavy (non-hydrogen) atoms. The van der Waals surface area contributed by atoms with Gasteiger partial charge in [0.2, 0.25) is 0 Å². The molecular weight excluding hydrogens is 159 g/mol. The van der Waals surface area contributed by atoms with Gasteiger partial charge in [-0.3, -0.25) is 8.58 Å². The summed E-state index contributed by atoms with van der Waals surface area (Å²) >= 11 is -2.00. The Kier molecular flexibility index (Phi) is 8.46. The Morgan fingerprint density at radius 2 is 2.12 bits per heavy atom. The van der Waals surface area contributed by atoms with Crippen LogP contribution in [0.3, 0.4) is 0 Å². The van der Waals surface area contributed by atoms with Crippen molar-refractivity contribution in [2.45, 2.75) is 12.8 Å². The molecule has 0 bridgehead atoms. The van der Waals surface area contributed by atoms with Crippen molar-refractivity contribution in [2.75, 3.05) is 6.16 Å². The van der Waals surface area contributed by atoms with E-state index in [2.05, 4.69) is 6.16 Å². The molecule has 1 aliphatic heterocycles. The molecule has 1 saturated heterocycles. The Labute approximate surface area is 59.8 Å². The maximum atomic E-state index is 8.50. The van der Waals surface area contributed by atoms with Crippen LogP contribution in [0.2, 0.25) is 0 Å². The van der Waals surface area contributed by atoms with Gasteiger partial charge in [-0.05, 0) is 0 Å². The van der Waals surface area contributed by atoms with E-state index in [1.807, 2.05) is 0 Å². The predicted molar refractivity (Wildman–Crippen MR) is 28.1 cm³/mol. The summed E-state index contributed by atoms with van der Waals surface area (Å²) < 4.78 is 17.0. The Balaban J connectivity index is 0.000000145. The van der Waals surface area contributed by atoms with Crippen LogP contribution >= 0.6 is 8.58 Å². The van der Waals surface area contributed by atoms with Gasteiger partial charge in [0, 0.05) is 0 Å². The van der Waals surface area contributed by atoms with Crippen molar-refractivity contribution in [2.24, 2.45) is 0 Å². The molecule has 0 aromatic carbocycles. The molecule has 1 fully saturated rings. The van der Waals surface area contributed by atoms with E-state index in [0.29, 0.717) is 0 Å². The van der Waals surface area contributed by atoms with Crippen LogP contribution in [0.5, 0.6) is 0 Å². The van der Waals surface area contributed by atoms with Crippen LogP contribution in [-0.4, -0.2) is 6.16 Å². The summed E-state index contributed by atoms with van der Waals surface area (Å²) in [7, 11) is 1.18. The van der Waals surface area contributed by atoms with Gasteiger partial charge in [0.25, 0.3) is 0 Å². The summed E-state index contributed by atoms with van der Waals surface area (Å²) in [6.07, 6.45) is 6.71. The van der Waals surface area contributed by atoms with E-state index in [-0.39, 0.29) is 0 Å². The van der Waals surface area contributed by atoms with Crippen LogP contribution < -0.4 is 0 Å². The zero-order valence-electron chi connectivity index (χ0n) is 4.52. The van der Waals surface area contributed by atoms with E-state index in [0.717, 1.165) is 0 Å². The third-order valence-electron chi connectivity index (χ3n) is 0.814. The normalized spacial score (nSPS) is 19.0. The second-order valence-electron chi connectivity index (χ2n) is 1.38. The zero-order chi connectivity index (χ0) is 6.24. The van der Waals surface area contributed by atoms with Gasteiger partial charge in [-0.1, -0.05) is 12.6 Å². The molecule has 1 rings (SSSR count). The summed E-state index contributed by atoms with van der Waals surface area (Å²) in [5.74, 6) is 0. The first-order valence-corrected chi connectivity index (χ1v) is 5.02. The molecule has 2 nitrogen and oxygen atoms in total. The molecule has 0 aliphatic carbocycles. The first-order valence-electron chi connectivity index (χ1n) is 2.46. The van der Waals surface area contributed by atoms with Crippen molar-refractivity contribution >= 4 is 8.58 Å². The molecule has 0 radical (unpaired) electrons. The van der Waals surface area contributed by atoms with Gasteiger partial charge in [0.15, 0.2) is 0 Å². The van der Waals surface area contributed by atoms with Crippen molar-refractivity contribution in [3.63, 3.8) is 0 Å². The second-order valence-corrected chi connectivity index (χ2v) is 2.96. The first-order chi connectivity index (χ1) is 3.91. The van der Waals surface area contributed by atoms with E-state index < -0.39 is 19.1 Å². The Hall–Kier alpha value is 0.744. The predicted octanol–water partition coefficient (Wildman–Crippen LogP) is 1.38. The molecule has 0 N–H and O–H groups in total. The average molecular weight is 167 g/mol. The van der Waals surface area contributed by atoms with Crippen LogP contribution in [0.1, 0.15) is 12.8 Å². The van der Waals surface area contributed by atoms with Crippen molar-refractivity contribution in [3.8, 4) is 0 Å². The second kappa shape index (κ2) is 7.74. The van der Waals surface area contributed by atoms with Gasteiger partial charge >= 0.3 is 25.7 Å². The third kappa shape index (κ3) is 6.74. The minimum atomic E-state index is -2.00. The van der Waals surface area contributed by atoms with E-state index in [1.54, 1.807) is 0 Å². The van der Waals surface area contributed by atoms with E-state index in [9.17, 15) is 0 Å². The first kappa shape index (κ1) is 8.74. The van der Waals surface area contributed by atoms with Gasteiger partial charge in [-0.2, -0.15) is 6.42 Å². The number of hydrogen-bond donors (Lipinski definition) is 0. The topological polar surface area (TPSA) is 34.1 Å². The van der Waals surface area contributed by atoms with Crippen molar-refractivity contribution in [1.82, 2.24) is 0 Å². The average Bonchev–Trinajstić information content (AvgIpc) is 2.17. The van der Waals surface area contributed by atoms with Gasteiger partial charge < -0.3 is 6.16 Å². The SMILES string of the molecule is [CH-]1CCCP1.[O]=[Ti]=[O]. The molecule has 0 aromatic rings. The summed E-state index contributed by atoms with van der Waals surface area (Å²) in [6.45, 7) is 0. The van der Waals surface area contributed by atoms with Gasteiger partial charge in [-0.15, -0.1) is 0 Å². The Bertz CT molecular complexity index is 68.5. The molecule has 1 heterocycles. The summed E-state index contributed by atoms with van der Waals surface area (Å²) in [4.78, 5) is 0. The quantitative estimate of drug-likeness (QED) is 0.310. The summed E-state index contributed by atoms with van der Waals surface area (Å²) in [5, 5.41) is 0. The van der Waals surface area contributed by atoms with Crippen LogP contribution in [0, 0.1) is 6.16 Å². The summed E-state index contributed by atoms with van der Waals surface area (Å²) in [6, 6.07) is 0. The van der Waals surface area contributed by atoms with Crippen molar-refractivity contribution in [3.05, 3.63) is 6.16 Å². The minimum absolute atomic E-state index is 1.18. The van der Waals surface area contributed by atoms with E-state index >= 15 is 0 Å². The molecule has 1 unspecified atom stereocenters. The monoisotopic (exact) mass is 167 g/mol. The van der Waals surface area contributed by atoms with Crippen LogP contribution in [0.15, 0.2) is 0 Å². The van der Waals surface area contributed by atoms with Crippen LogP contribution in [-0.2, 0) is 25.7 Å². The van der Waals surface area contributed by atoms with Crippen molar-refractivity contribution < 1.29 is 25.7 Å². The standard InChI is InChI=1S/C4H8P.2O.Ti/c1-2-4-5-3-1;;;/h3,5H,1-2,4H2;;;/q-1;;;. The van der Waals surface area contributed by atoms with Gasteiger partial charge in [0.05, 0.1) is 0 Å². The number of hydrogen-bond acceptors (Lipinski definition) is 2. The summed E-state index contributed by atoms with van der Waals surface area (Å²) in [5.41, 5.74) is 0. The molecule has 0 aromatic heterocycles. The Morgan fingerprint density at radius 3 is 2.25 bits per heavy atom.